The van der Waals surface area contributed by atoms with Crippen LogP contribution in [0.3, 0.4) is 0 Å². The first-order chi connectivity index (χ1) is 10.3. The number of hydrogen-bond acceptors (Lipinski definition) is 5. The minimum absolute atomic E-state index is 0.279. The lowest BCUT2D eigenvalue weighted by Gasteiger charge is -2.16. The molecule has 0 radical (unpaired) electrons. The maximum Gasteiger partial charge on any atom is 0.191 e. The summed E-state index contributed by atoms with van der Waals surface area (Å²) >= 11 is 5.26. The van der Waals surface area contributed by atoms with Gasteiger partial charge in [0.2, 0.25) is 0 Å². The summed E-state index contributed by atoms with van der Waals surface area (Å²) < 4.78 is 1.14. The molecular formula is C14H20N4S3. The van der Waals surface area contributed by atoms with Gasteiger partial charge >= 0.3 is 0 Å². The van der Waals surface area contributed by atoms with Crippen molar-refractivity contribution in [3.63, 3.8) is 0 Å². The summed E-state index contributed by atoms with van der Waals surface area (Å²) in [4.78, 5) is 9.84. The Balaban J connectivity index is 1.63. The van der Waals surface area contributed by atoms with Gasteiger partial charge in [0, 0.05) is 35.8 Å². The molecule has 0 aliphatic rings. The Morgan fingerprint density at radius 3 is 3.00 bits per heavy atom. The highest BCUT2D eigenvalue weighted by Crippen LogP contribution is 2.20. The summed E-state index contributed by atoms with van der Waals surface area (Å²) in [6.45, 7) is 3.06. The first kappa shape index (κ1) is 16.3. The number of aromatic nitrogens is 1. The first-order valence-electron chi connectivity index (χ1n) is 6.82. The van der Waals surface area contributed by atoms with Crippen LogP contribution in [0.4, 0.5) is 0 Å². The molecule has 2 aromatic heterocycles. The SMILES string of the molecule is CN=C(NCCCSc1nccs1)NC(C)c1cccs1. The third-order valence-corrected chi connectivity index (χ3v) is 5.90. The van der Waals surface area contributed by atoms with Crippen LogP contribution in [0.1, 0.15) is 24.3 Å². The Kier molecular flexibility index (Phi) is 7.05. The van der Waals surface area contributed by atoms with E-state index in [1.807, 2.05) is 23.3 Å². The lowest BCUT2D eigenvalue weighted by atomic mass is 10.3. The van der Waals surface area contributed by atoms with Crippen molar-refractivity contribution in [2.75, 3.05) is 19.3 Å². The third-order valence-electron chi connectivity index (χ3n) is 2.80. The molecule has 2 heterocycles. The molecule has 1 unspecified atom stereocenters. The van der Waals surface area contributed by atoms with Crippen molar-refractivity contribution in [1.82, 2.24) is 15.6 Å². The maximum absolute atomic E-state index is 4.27. The van der Waals surface area contributed by atoms with E-state index in [9.17, 15) is 0 Å². The highest BCUT2D eigenvalue weighted by Gasteiger charge is 2.08. The Labute approximate surface area is 138 Å². The largest absolute Gasteiger partial charge is 0.356 e. The second-order valence-electron chi connectivity index (χ2n) is 4.38. The number of thioether (sulfide) groups is 1. The summed E-state index contributed by atoms with van der Waals surface area (Å²) in [6.07, 6.45) is 2.93. The number of guanidine groups is 1. The fourth-order valence-corrected chi connectivity index (χ4v) is 4.11. The summed E-state index contributed by atoms with van der Waals surface area (Å²) in [5.74, 6) is 1.92. The van der Waals surface area contributed by atoms with Crippen LogP contribution in [0.2, 0.25) is 0 Å². The fraction of sp³-hybridized carbons (Fsp3) is 0.429. The van der Waals surface area contributed by atoms with Crippen LogP contribution in [-0.4, -0.2) is 30.3 Å². The van der Waals surface area contributed by atoms with Crippen molar-refractivity contribution in [2.24, 2.45) is 4.99 Å². The van der Waals surface area contributed by atoms with Gasteiger partial charge in [-0.2, -0.15) is 0 Å². The highest BCUT2D eigenvalue weighted by molar-refractivity contribution is 8.00. The molecule has 0 spiro atoms. The van der Waals surface area contributed by atoms with Crippen LogP contribution >= 0.6 is 34.4 Å². The number of nitrogens with one attached hydrogen (secondary N) is 2. The standard InChI is InChI=1S/C14H20N4S3/c1-11(12-5-3-8-19-12)18-13(15-2)16-6-4-9-20-14-17-7-10-21-14/h3,5,7-8,10-11H,4,6,9H2,1-2H3,(H2,15,16,18). The van der Waals surface area contributed by atoms with Crippen LogP contribution in [0, 0.1) is 0 Å². The minimum atomic E-state index is 0.279. The molecule has 0 aliphatic heterocycles. The zero-order valence-corrected chi connectivity index (χ0v) is 14.7. The van der Waals surface area contributed by atoms with E-state index in [1.165, 1.54) is 4.88 Å². The van der Waals surface area contributed by atoms with Gasteiger partial charge in [-0.3, -0.25) is 4.99 Å². The third kappa shape index (κ3) is 5.68. The van der Waals surface area contributed by atoms with Crippen LogP contribution in [0.25, 0.3) is 0 Å². The second kappa shape index (κ2) is 9.07. The van der Waals surface area contributed by atoms with Gasteiger partial charge in [0.05, 0.1) is 6.04 Å². The Morgan fingerprint density at radius 1 is 1.43 bits per heavy atom. The van der Waals surface area contributed by atoms with E-state index in [1.54, 1.807) is 29.7 Å². The molecule has 0 bridgehead atoms. The van der Waals surface area contributed by atoms with Crippen molar-refractivity contribution >= 4 is 40.4 Å². The summed E-state index contributed by atoms with van der Waals surface area (Å²) in [6, 6.07) is 4.49. The predicted octanol–water partition coefficient (Wildman–Crippen LogP) is 3.61. The fourth-order valence-electron chi connectivity index (χ4n) is 1.73. The average Bonchev–Trinajstić information content (AvgIpc) is 3.18. The zero-order valence-electron chi connectivity index (χ0n) is 12.2. The highest BCUT2D eigenvalue weighted by atomic mass is 32.2. The number of thiazole rings is 1. The van der Waals surface area contributed by atoms with Crippen molar-refractivity contribution in [2.45, 2.75) is 23.7 Å². The number of aliphatic imine (C=N–C) groups is 1. The van der Waals surface area contributed by atoms with E-state index in [4.69, 9.17) is 0 Å². The van der Waals surface area contributed by atoms with E-state index < -0.39 is 0 Å². The van der Waals surface area contributed by atoms with Gasteiger partial charge in [0.15, 0.2) is 5.96 Å². The first-order valence-corrected chi connectivity index (χ1v) is 9.57. The molecule has 2 aromatic rings. The molecule has 0 amide bonds. The molecule has 0 aromatic carbocycles. The minimum Gasteiger partial charge on any atom is -0.356 e. The number of thiophene rings is 1. The topological polar surface area (TPSA) is 49.3 Å². The average molecular weight is 341 g/mol. The lowest BCUT2D eigenvalue weighted by Crippen LogP contribution is -2.39. The Hall–Kier alpha value is -1.05. The maximum atomic E-state index is 4.27. The van der Waals surface area contributed by atoms with Crippen LogP contribution < -0.4 is 10.6 Å². The predicted molar refractivity (Wildman–Crippen MR) is 94.7 cm³/mol. The van der Waals surface area contributed by atoms with Crippen LogP contribution in [-0.2, 0) is 0 Å². The van der Waals surface area contributed by atoms with Crippen molar-refractivity contribution in [3.8, 4) is 0 Å². The molecule has 7 heteroatoms. The van der Waals surface area contributed by atoms with E-state index in [0.717, 1.165) is 29.0 Å². The van der Waals surface area contributed by atoms with Crippen molar-refractivity contribution in [1.29, 1.82) is 0 Å². The van der Waals surface area contributed by atoms with E-state index in [-0.39, 0.29) is 6.04 Å². The van der Waals surface area contributed by atoms with Gasteiger partial charge in [-0.25, -0.2) is 4.98 Å². The van der Waals surface area contributed by atoms with Gasteiger partial charge in [0.1, 0.15) is 4.34 Å². The quantitative estimate of drug-likeness (QED) is 0.350. The normalized spacial score (nSPS) is 13.1. The monoisotopic (exact) mass is 340 g/mol. The smallest absolute Gasteiger partial charge is 0.191 e. The van der Waals surface area contributed by atoms with Gasteiger partial charge in [-0.1, -0.05) is 17.8 Å². The molecule has 114 valence electrons. The molecule has 4 nitrogen and oxygen atoms in total. The number of nitrogens with zero attached hydrogens (tertiary/aromatic N) is 2. The summed E-state index contributed by atoms with van der Waals surface area (Å²) in [5.41, 5.74) is 0. The summed E-state index contributed by atoms with van der Waals surface area (Å²) in [7, 11) is 1.81. The van der Waals surface area contributed by atoms with E-state index >= 15 is 0 Å². The van der Waals surface area contributed by atoms with Crippen molar-refractivity contribution < 1.29 is 0 Å². The van der Waals surface area contributed by atoms with Gasteiger partial charge in [-0.15, -0.1) is 22.7 Å². The molecule has 0 saturated carbocycles. The molecule has 0 saturated heterocycles. The van der Waals surface area contributed by atoms with Gasteiger partial charge in [-0.05, 0) is 24.8 Å². The number of hydrogen-bond donors (Lipinski definition) is 2. The molecule has 2 N–H and O–H groups in total. The van der Waals surface area contributed by atoms with Gasteiger partial charge in [0.25, 0.3) is 0 Å². The van der Waals surface area contributed by atoms with E-state index in [2.05, 4.69) is 45.0 Å². The van der Waals surface area contributed by atoms with E-state index in [0.29, 0.717) is 0 Å². The Bertz CT molecular complexity index is 522. The second-order valence-corrected chi connectivity index (χ2v) is 7.60. The molecule has 1 atom stereocenters. The lowest BCUT2D eigenvalue weighted by molar-refractivity contribution is 0.693. The molecule has 2 rings (SSSR count). The Morgan fingerprint density at radius 2 is 2.33 bits per heavy atom. The van der Waals surface area contributed by atoms with Crippen molar-refractivity contribution in [3.05, 3.63) is 34.0 Å². The molecule has 0 fully saturated rings. The molecule has 21 heavy (non-hydrogen) atoms. The van der Waals surface area contributed by atoms with Crippen LogP contribution in [0.15, 0.2) is 38.4 Å². The van der Waals surface area contributed by atoms with Crippen LogP contribution in [0.5, 0.6) is 0 Å². The summed E-state index contributed by atoms with van der Waals surface area (Å²) in [5, 5.41) is 10.9. The zero-order chi connectivity index (χ0) is 14.9. The molecule has 0 aliphatic carbocycles. The molecular weight excluding hydrogens is 320 g/mol. The number of rotatable bonds is 7. The van der Waals surface area contributed by atoms with Gasteiger partial charge < -0.3 is 10.6 Å².